The molecule has 14 heteroatoms. The van der Waals surface area contributed by atoms with E-state index in [9.17, 15) is 39.2 Å². The van der Waals surface area contributed by atoms with Gasteiger partial charge in [0.2, 0.25) is 0 Å². The van der Waals surface area contributed by atoms with Gasteiger partial charge in [0.05, 0.1) is 11.7 Å². The highest BCUT2D eigenvalue weighted by Crippen LogP contribution is 2.48. The van der Waals surface area contributed by atoms with Crippen LogP contribution in [0.4, 0.5) is 17.6 Å². The van der Waals surface area contributed by atoms with Crippen molar-refractivity contribution in [2.75, 3.05) is 5.75 Å². The van der Waals surface area contributed by atoms with Crippen molar-refractivity contribution in [3.63, 3.8) is 0 Å². The quantitative estimate of drug-likeness (QED) is 0.266. The van der Waals surface area contributed by atoms with Crippen molar-refractivity contribution < 1.29 is 52.7 Å². The maximum absolute atomic E-state index is 13.5. The van der Waals surface area contributed by atoms with Gasteiger partial charge in [0.15, 0.2) is 0 Å². The molecule has 4 fully saturated rings. The minimum Gasteiger partial charge on any atom is -0.459 e. The van der Waals surface area contributed by atoms with Gasteiger partial charge in [0, 0.05) is 6.42 Å². The average molecular weight is 454 g/mol. The first kappa shape index (κ1) is 21.7. The zero-order chi connectivity index (χ0) is 21.1. The van der Waals surface area contributed by atoms with Crippen LogP contribution in [0.5, 0.6) is 0 Å². The van der Waals surface area contributed by atoms with Gasteiger partial charge in [-0.15, -0.1) is 0 Å². The molecule has 1 N–H and O–H groups in total. The third kappa shape index (κ3) is 3.87. The molecule has 8 nitrogen and oxygen atoms in total. The van der Waals surface area contributed by atoms with E-state index in [1.54, 1.807) is 0 Å². The van der Waals surface area contributed by atoms with Crippen LogP contribution in [0.2, 0.25) is 0 Å². The average Bonchev–Trinajstić information content (AvgIpc) is 2.70. The highest BCUT2D eigenvalue weighted by atomic mass is 32.2. The molecule has 0 radical (unpaired) electrons. The Kier molecular flexibility index (Phi) is 5.25. The van der Waals surface area contributed by atoms with Gasteiger partial charge in [0.1, 0.15) is 12.2 Å². The fraction of sp³-hybridized carbons (Fsp3) is 0.929. The molecule has 0 spiro atoms. The molecular formula is C14H18F4O8S2. The first-order chi connectivity index (χ1) is 12.6. The molecule has 162 valence electrons. The van der Waals surface area contributed by atoms with Crippen LogP contribution in [0.25, 0.3) is 0 Å². The summed E-state index contributed by atoms with van der Waals surface area (Å²) in [5, 5.41) is -5.86. The number of esters is 1. The Morgan fingerprint density at radius 1 is 1.07 bits per heavy atom. The van der Waals surface area contributed by atoms with Crippen LogP contribution in [0.3, 0.4) is 0 Å². The predicted molar refractivity (Wildman–Crippen MR) is 83.5 cm³/mol. The number of rotatable bonds is 7. The molecule has 0 amide bonds. The van der Waals surface area contributed by atoms with Gasteiger partial charge >= 0.3 is 27.3 Å². The lowest BCUT2D eigenvalue weighted by Crippen LogP contribution is -2.48. The predicted octanol–water partition coefficient (Wildman–Crippen LogP) is 1.57. The Bertz CT molecular complexity index is 857. The van der Waals surface area contributed by atoms with E-state index in [0.717, 1.165) is 0 Å². The number of ether oxygens (including phenoxy) is 1. The third-order valence-corrected chi connectivity index (χ3v) is 7.68. The molecule has 2 aliphatic carbocycles. The van der Waals surface area contributed by atoms with Gasteiger partial charge in [-0.2, -0.15) is 34.4 Å². The topological polar surface area (TPSA) is 124 Å². The van der Waals surface area contributed by atoms with Gasteiger partial charge < -0.3 is 4.74 Å². The van der Waals surface area contributed by atoms with Crippen molar-refractivity contribution in [1.82, 2.24) is 0 Å². The van der Waals surface area contributed by atoms with E-state index < -0.39 is 61.8 Å². The maximum Gasteiger partial charge on any atom is 0.431 e. The second-order valence-electron chi connectivity index (χ2n) is 7.51. The van der Waals surface area contributed by atoms with E-state index in [1.807, 2.05) is 0 Å². The van der Waals surface area contributed by atoms with Crippen LogP contribution < -0.4 is 0 Å². The van der Waals surface area contributed by atoms with Gasteiger partial charge in [-0.3, -0.25) is 13.5 Å². The molecule has 2 aliphatic heterocycles. The van der Waals surface area contributed by atoms with Gasteiger partial charge in [-0.1, -0.05) is 0 Å². The van der Waals surface area contributed by atoms with E-state index in [1.165, 1.54) is 0 Å². The molecule has 5 atom stereocenters. The summed E-state index contributed by atoms with van der Waals surface area (Å²) in [6.07, 6.45) is -2.19. The smallest absolute Gasteiger partial charge is 0.431 e. The van der Waals surface area contributed by atoms with Crippen molar-refractivity contribution >= 4 is 26.2 Å². The second-order valence-corrected chi connectivity index (χ2v) is 10.7. The fourth-order valence-corrected chi connectivity index (χ4v) is 5.91. The highest BCUT2D eigenvalue weighted by Gasteiger charge is 2.65. The van der Waals surface area contributed by atoms with Crippen molar-refractivity contribution in [1.29, 1.82) is 0 Å². The number of carbonyl (C=O) groups is 1. The summed E-state index contributed by atoms with van der Waals surface area (Å²) >= 11 is 0. The Labute approximate surface area is 158 Å². The van der Waals surface area contributed by atoms with Crippen molar-refractivity contribution in [2.24, 2.45) is 17.8 Å². The van der Waals surface area contributed by atoms with E-state index in [0.29, 0.717) is 25.7 Å². The van der Waals surface area contributed by atoms with Crippen LogP contribution >= 0.6 is 0 Å². The number of fused-ring (bicyclic) bond motifs is 1. The molecule has 0 aromatic carbocycles. The molecule has 0 aromatic heterocycles. The summed E-state index contributed by atoms with van der Waals surface area (Å²) in [6, 6.07) is 0. The molecule has 4 aliphatic rings. The minimum absolute atomic E-state index is 0.153. The number of hydrogen-bond donors (Lipinski definition) is 1. The van der Waals surface area contributed by atoms with Crippen molar-refractivity contribution in [3.8, 4) is 0 Å². The molecule has 4 rings (SSSR count). The number of alkyl halides is 4. The molecular weight excluding hydrogens is 436 g/mol. The summed E-state index contributed by atoms with van der Waals surface area (Å²) in [5.74, 6) is -8.02. The monoisotopic (exact) mass is 454 g/mol. The first-order valence-electron chi connectivity index (χ1n) is 8.47. The lowest BCUT2D eigenvalue weighted by Gasteiger charge is -2.41. The van der Waals surface area contributed by atoms with E-state index >= 15 is 0 Å². The Balaban J connectivity index is 1.70. The van der Waals surface area contributed by atoms with Crippen LogP contribution in [-0.2, 0) is 34.0 Å². The molecule has 0 aromatic rings. The van der Waals surface area contributed by atoms with Crippen LogP contribution in [-0.4, -0.2) is 56.5 Å². The lowest BCUT2D eigenvalue weighted by molar-refractivity contribution is -0.161. The molecule has 2 saturated heterocycles. The molecule has 28 heavy (non-hydrogen) atoms. The number of hydrogen-bond acceptors (Lipinski definition) is 7. The van der Waals surface area contributed by atoms with Crippen LogP contribution in [0.1, 0.15) is 32.1 Å². The van der Waals surface area contributed by atoms with E-state index in [2.05, 4.69) is 0 Å². The second kappa shape index (κ2) is 6.77. The summed E-state index contributed by atoms with van der Waals surface area (Å²) in [6.45, 7) is 0. The Hall–Kier alpha value is -0.990. The number of carbonyl (C=O) groups excluding carboxylic acids is 1. The van der Waals surface area contributed by atoms with Gasteiger partial charge in [0.25, 0.3) is 10.1 Å². The molecule has 4 bridgehead atoms. The highest BCUT2D eigenvalue weighted by molar-refractivity contribution is 7.87. The fourth-order valence-electron chi connectivity index (χ4n) is 4.21. The van der Waals surface area contributed by atoms with E-state index in [4.69, 9.17) is 13.5 Å². The molecule has 2 saturated carbocycles. The zero-order valence-corrected chi connectivity index (χ0v) is 15.9. The summed E-state index contributed by atoms with van der Waals surface area (Å²) in [5.41, 5.74) is 0. The molecule has 2 heterocycles. The van der Waals surface area contributed by atoms with Gasteiger partial charge in [-0.25, -0.2) is 0 Å². The SMILES string of the molecule is O=C1OC2CC3CC1CC(C3)C2OS(=O)(=O)CCC(F)(F)C(F)(F)S(=O)(=O)O. The maximum atomic E-state index is 13.5. The minimum atomic E-state index is -6.46. The summed E-state index contributed by atoms with van der Waals surface area (Å²) < 4.78 is 117. The third-order valence-electron chi connectivity index (χ3n) is 5.51. The van der Waals surface area contributed by atoms with Crippen molar-refractivity contribution in [3.05, 3.63) is 0 Å². The van der Waals surface area contributed by atoms with Crippen molar-refractivity contribution in [2.45, 2.75) is 55.5 Å². The Morgan fingerprint density at radius 3 is 2.32 bits per heavy atom. The summed E-state index contributed by atoms with van der Waals surface area (Å²) in [4.78, 5) is 11.9. The van der Waals surface area contributed by atoms with Crippen LogP contribution in [0.15, 0.2) is 0 Å². The molecule has 5 unspecified atom stereocenters. The Morgan fingerprint density at radius 2 is 1.71 bits per heavy atom. The van der Waals surface area contributed by atoms with Gasteiger partial charge in [-0.05, 0) is 37.5 Å². The van der Waals surface area contributed by atoms with E-state index in [-0.39, 0.29) is 17.8 Å². The first-order valence-corrected chi connectivity index (χ1v) is 11.5. The lowest BCUT2D eigenvalue weighted by atomic mass is 9.67. The largest absolute Gasteiger partial charge is 0.459 e. The van der Waals surface area contributed by atoms with Crippen LogP contribution in [0, 0.1) is 17.8 Å². The number of halogens is 4. The summed E-state index contributed by atoms with van der Waals surface area (Å²) in [7, 11) is -11.2. The normalized spacial score (nSPS) is 33.6. The zero-order valence-electron chi connectivity index (χ0n) is 14.3. The standard InChI is InChI=1S/C14H18F4O8S2/c15-13(16,14(17,18)28(22,23)24)1-2-27(20,21)26-11-8-3-7-4-9(6-8)12(19)25-10(11)5-7/h7-11H,1-6H2,(H,22,23,24).